The molecule has 1 amide bonds. The fourth-order valence-electron chi connectivity index (χ4n) is 1.80. The van der Waals surface area contributed by atoms with Gasteiger partial charge in [0.1, 0.15) is 6.54 Å². The van der Waals surface area contributed by atoms with Gasteiger partial charge in [-0.15, -0.1) is 11.8 Å². The van der Waals surface area contributed by atoms with E-state index >= 15 is 0 Å². The van der Waals surface area contributed by atoms with Crippen LogP contribution in [0.25, 0.3) is 0 Å². The van der Waals surface area contributed by atoms with E-state index in [1.807, 2.05) is 13.8 Å². The van der Waals surface area contributed by atoms with Crippen molar-refractivity contribution < 1.29 is 14.7 Å². The minimum Gasteiger partial charge on any atom is -0.480 e. The summed E-state index contributed by atoms with van der Waals surface area (Å²) < 4.78 is 0. The van der Waals surface area contributed by atoms with Gasteiger partial charge in [-0.05, 0) is 30.4 Å². The molecule has 0 aliphatic rings. The van der Waals surface area contributed by atoms with Crippen LogP contribution in [0.4, 0.5) is 0 Å². The fraction of sp³-hybridized carbons (Fsp3) is 0.429. The Morgan fingerprint density at radius 3 is 2.60 bits per heavy atom. The quantitative estimate of drug-likeness (QED) is 0.784. The molecule has 0 unspecified atom stereocenters. The average molecular weight is 316 g/mol. The van der Waals surface area contributed by atoms with Crippen LogP contribution in [0.2, 0.25) is 5.02 Å². The largest absolute Gasteiger partial charge is 0.480 e. The van der Waals surface area contributed by atoms with Gasteiger partial charge in [-0.1, -0.05) is 25.4 Å². The second kappa shape index (κ2) is 8.17. The number of halogens is 1. The molecular formula is C14H18ClNO3S. The van der Waals surface area contributed by atoms with E-state index in [2.05, 4.69) is 0 Å². The van der Waals surface area contributed by atoms with Crippen molar-refractivity contribution in [3.63, 3.8) is 0 Å². The van der Waals surface area contributed by atoms with E-state index in [1.165, 1.54) is 16.7 Å². The van der Waals surface area contributed by atoms with E-state index < -0.39 is 5.97 Å². The molecule has 1 N–H and O–H groups in total. The molecular weight excluding hydrogens is 298 g/mol. The third-order valence-corrected chi connectivity index (χ3v) is 3.75. The summed E-state index contributed by atoms with van der Waals surface area (Å²) in [7, 11) is 0. The molecule has 20 heavy (non-hydrogen) atoms. The Labute approximate surface area is 128 Å². The van der Waals surface area contributed by atoms with Crippen molar-refractivity contribution in [3.8, 4) is 0 Å². The Morgan fingerprint density at radius 1 is 1.35 bits per heavy atom. The third kappa shape index (κ3) is 4.72. The number of hydrogen-bond acceptors (Lipinski definition) is 3. The highest BCUT2D eigenvalue weighted by Gasteiger charge is 2.20. The highest BCUT2D eigenvalue weighted by Crippen LogP contribution is 2.27. The molecule has 0 saturated carbocycles. The van der Waals surface area contributed by atoms with E-state index in [9.17, 15) is 9.59 Å². The summed E-state index contributed by atoms with van der Waals surface area (Å²) in [5.74, 6) is -0.458. The lowest BCUT2D eigenvalue weighted by Gasteiger charge is -2.21. The zero-order chi connectivity index (χ0) is 15.1. The standard InChI is InChI=1S/C14H18ClNO3S/c1-3-7-16(9-13(17)18)14(19)11-6-5-10(15)8-12(11)20-4-2/h5-6,8H,3-4,7,9H2,1-2H3,(H,17,18). The summed E-state index contributed by atoms with van der Waals surface area (Å²) in [6.07, 6.45) is 0.711. The molecule has 1 aromatic carbocycles. The summed E-state index contributed by atoms with van der Waals surface area (Å²) in [6.45, 7) is 4.03. The minimum atomic E-state index is -1.01. The molecule has 1 aromatic rings. The highest BCUT2D eigenvalue weighted by atomic mass is 35.5. The van der Waals surface area contributed by atoms with E-state index in [0.29, 0.717) is 23.6 Å². The van der Waals surface area contributed by atoms with Crippen LogP contribution in [0.15, 0.2) is 23.1 Å². The van der Waals surface area contributed by atoms with Gasteiger partial charge in [0.2, 0.25) is 0 Å². The zero-order valence-electron chi connectivity index (χ0n) is 11.6. The highest BCUT2D eigenvalue weighted by molar-refractivity contribution is 7.99. The minimum absolute atomic E-state index is 0.262. The van der Waals surface area contributed by atoms with Gasteiger partial charge >= 0.3 is 5.97 Å². The van der Waals surface area contributed by atoms with Gasteiger partial charge in [0.25, 0.3) is 5.91 Å². The number of hydrogen-bond donors (Lipinski definition) is 1. The molecule has 4 nitrogen and oxygen atoms in total. The van der Waals surface area contributed by atoms with Gasteiger partial charge in [0.15, 0.2) is 0 Å². The number of carbonyl (C=O) groups excluding carboxylic acids is 1. The average Bonchev–Trinajstić information content (AvgIpc) is 2.37. The maximum Gasteiger partial charge on any atom is 0.323 e. The van der Waals surface area contributed by atoms with Crippen LogP contribution in [0.1, 0.15) is 30.6 Å². The van der Waals surface area contributed by atoms with Crippen molar-refractivity contribution in [2.24, 2.45) is 0 Å². The van der Waals surface area contributed by atoms with Crippen molar-refractivity contribution in [3.05, 3.63) is 28.8 Å². The molecule has 0 aliphatic carbocycles. The molecule has 0 saturated heterocycles. The molecule has 0 aliphatic heterocycles. The van der Waals surface area contributed by atoms with E-state index in [1.54, 1.807) is 18.2 Å². The first-order valence-electron chi connectivity index (χ1n) is 6.43. The van der Waals surface area contributed by atoms with Gasteiger partial charge in [-0.2, -0.15) is 0 Å². The summed E-state index contributed by atoms with van der Waals surface area (Å²) in [4.78, 5) is 25.5. The van der Waals surface area contributed by atoms with Gasteiger partial charge in [0, 0.05) is 16.5 Å². The lowest BCUT2D eigenvalue weighted by atomic mass is 10.2. The van der Waals surface area contributed by atoms with E-state index in [4.69, 9.17) is 16.7 Å². The van der Waals surface area contributed by atoms with Crippen LogP contribution in [-0.4, -0.2) is 40.7 Å². The smallest absolute Gasteiger partial charge is 0.323 e. The molecule has 0 fully saturated rings. The van der Waals surface area contributed by atoms with Crippen molar-refractivity contribution in [1.82, 2.24) is 4.90 Å². The second-order valence-electron chi connectivity index (χ2n) is 4.19. The molecule has 0 radical (unpaired) electrons. The Balaban J connectivity index is 3.06. The van der Waals surface area contributed by atoms with Crippen LogP contribution < -0.4 is 0 Å². The number of aliphatic carboxylic acids is 1. The first-order chi connectivity index (χ1) is 9.49. The molecule has 0 atom stereocenters. The number of carboxylic acids is 1. The monoisotopic (exact) mass is 315 g/mol. The SMILES string of the molecule is CCCN(CC(=O)O)C(=O)c1ccc(Cl)cc1SCC. The number of carboxylic acid groups (broad SMARTS) is 1. The van der Waals surface area contributed by atoms with Gasteiger partial charge in [0.05, 0.1) is 5.56 Å². The van der Waals surface area contributed by atoms with Gasteiger partial charge in [-0.25, -0.2) is 0 Å². The molecule has 0 bridgehead atoms. The van der Waals surface area contributed by atoms with Crippen molar-refractivity contribution in [2.75, 3.05) is 18.8 Å². The van der Waals surface area contributed by atoms with Crippen LogP contribution >= 0.6 is 23.4 Å². The molecule has 1 rings (SSSR count). The second-order valence-corrected chi connectivity index (χ2v) is 5.94. The number of rotatable bonds is 7. The van der Waals surface area contributed by atoms with Crippen molar-refractivity contribution in [2.45, 2.75) is 25.2 Å². The normalized spacial score (nSPS) is 10.3. The van der Waals surface area contributed by atoms with E-state index in [-0.39, 0.29) is 12.5 Å². The van der Waals surface area contributed by atoms with Gasteiger partial charge < -0.3 is 10.0 Å². The number of benzene rings is 1. The van der Waals surface area contributed by atoms with Crippen LogP contribution in [0, 0.1) is 0 Å². The Bertz CT molecular complexity index is 493. The molecule has 110 valence electrons. The van der Waals surface area contributed by atoms with Crippen molar-refractivity contribution >= 4 is 35.2 Å². The van der Waals surface area contributed by atoms with Crippen molar-refractivity contribution in [1.29, 1.82) is 0 Å². The summed E-state index contributed by atoms with van der Waals surface area (Å²) in [5, 5.41) is 9.47. The molecule has 0 spiro atoms. The van der Waals surface area contributed by atoms with Crippen LogP contribution in [-0.2, 0) is 4.79 Å². The van der Waals surface area contributed by atoms with Crippen LogP contribution in [0.3, 0.4) is 0 Å². The predicted octanol–water partition coefficient (Wildman–Crippen LogP) is 3.39. The maximum atomic E-state index is 12.5. The molecule has 0 heterocycles. The Kier molecular flexibility index (Phi) is 6.88. The number of amides is 1. The summed E-state index contributed by atoms with van der Waals surface area (Å²) in [6, 6.07) is 5.06. The lowest BCUT2D eigenvalue weighted by Crippen LogP contribution is -2.36. The molecule has 0 aromatic heterocycles. The topological polar surface area (TPSA) is 57.6 Å². The zero-order valence-corrected chi connectivity index (χ0v) is 13.1. The molecule has 6 heteroatoms. The number of nitrogens with zero attached hydrogens (tertiary/aromatic N) is 1. The summed E-state index contributed by atoms with van der Waals surface area (Å²) in [5.41, 5.74) is 0.510. The fourth-order valence-corrected chi connectivity index (χ4v) is 2.87. The third-order valence-electron chi connectivity index (χ3n) is 2.58. The lowest BCUT2D eigenvalue weighted by molar-refractivity contribution is -0.137. The first kappa shape index (κ1) is 16.9. The summed E-state index contributed by atoms with van der Waals surface area (Å²) >= 11 is 7.47. The predicted molar refractivity (Wildman–Crippen MR) is 81.7 cm³/mol. The number of carbonyl (C=O) groups is 2. The van der Waals surface area contributed by atoms with Gasteiger partial charge in [-0.3, -0.25) is 9.59 Å². The first-order valence-corrected chi connectivity index (χ1v) is 7.79. The Hall–Kier alpha value is -1.20. The number of thioether (sulfide) groups is 1. The van der Waals surface area contributed by atoms with Crippen LogP contribution in [0.5, 0.6) is 0 Å². The maximum absolute atomic E-state index is 12.5. The Morgan fingerprint density at radius 2 is 2.05 bits per heavy atom. The van der Waals surface area contributed by atoms with E-state index in [0.717, 1.165) is 10.6 Å².